The molecule has 3 aromatic carbocycles. The van der Waals surface area contributed by atoms with E-state index in [4.69, 9.17) is 4.74 Å². The molecule has 29 heavy (non-hydrogen) atoms. The highest BCUT2D eigenvalue weighted by atomic mass is 16.5. The molecule has 1 aliphatic heterocycles. The van der Waals surface area contributed by atoms with E-state index in [9.17, 15) is 9.59 Å². The third-order valence-electron chi connectivity index (χ3n) is 4.43. The third kappa shape index (κ3) is 3.80. The first kappa shape index (κ1) is 18.3. The molecule has 3 aromatic rings. The zero-order valence-electron chi connectivity index (χ0n) is 15.8. The quantitative estimate of drug-likeness (QED) is 0.369. The predicted molar refractivity (Wildman–Crippen MR) is 112 cm³/mol. The van der Waals surface area contributed by atoms with E-state index < -0.39 is 0 Å². The predicted octanol–water partition coefficient (Wildman–Crippen LogP) is 4.66. The minimum atomic E-state index is -0.362. The van der Waals surface area contributed by atoms with Crippen molar-refractivity contribution >= 4 is 23.3 Å². The number of anilines is 1. The molecule has 0 fully saturated rings. The topological polar surface area (TPSA) is 46.6 Å². The van der Waals surface area contributed by atoms with Gasteiger partial charge in [0.05, 0.1) is 5.70 Å². The Balaban J connectivity index is 1.68. The SMILES string of the molecule is CC(=O)Oc1ccc(C#C/C=C2\c3ccccc3C(=O)N2c2ccccc2)cc1. The number of amides is 1. The molecule has 1 heterocycles. The van der Waals surface area contributed by atoms with Gasteiger partial charge in [-0.15, -0.1) is 0 Å². The van der Waals surface area contributed by atoms with E-state index in [2.05, 4.69) is 11.8 Å². The van der Waals surface area contributed by atoms with Crippen molar-refractivity contribution < 1.29 is 14.3 Å². The largest absolute Gasteiger partial charge is 0.427 e. The monoisotopic (exact) mass is 379 g/mol. The Bertz CT molecular complexity index is 1170. The molecule has 4 rings (SSSR count). The molecule has 0 unspecified atom stereocenters. The molecular weight excluding hydrogens is 362 g/mol. The summed E-state index contributed by atoms with van der Waals surface area (Å²) >= 11 is 0. The maximum absolute atomic E-state index is 13.0. The number of hydrogen-bond donors (Lipinski definition) is 0. The average Bonchev–Trinajstić information content (AvgIpc) is 3.02. The highest BCUT2D eigenvalue weighted by Crippen LogP contribution is 2.36. The fourth-order valence-corrected chi connectivity index (χ4v) is 3.18. The van der Waals surface area contributed by atoms with Crippen molar-refractivity contribution in [3.63, 3.8) is 0 Å². The molecule has 4 nitrogen and oxygen atoms in total. The third-order valence-corrected chi connectivity index (χ3v) is 4.43. The molecule has 0 saturated heterocycles. The molecule has 4 heteroatoms. The minimum Gasteiger partial charge on any atom is -0.427 e. The Kier molecular flexibility index (Phi) is 4.96. The van der Waals surface area contributed by atoms with E-state index in [0.717, 1.165) is 22.5 Å². The Morgan fingerprint density at radius 1 is 0.897 bits per heavy atom. The van der Waals surface area contributed by atoms with E-state index in [0.29, 0.717) is 11.3 Å². The van der Waals surface area contributed by atoms with Crippen LogP contribution in [0.1, 0.15) is 28.4 Å². The minimum absolute atomic E-state index is 0.0643. The Labute approximate surface area is 169 Å². The van der Waals surface area contributed by atoms with Crippen molar-refractivity contribution in [2.45, 2.75) is 6.92 Å². The standard InChI is InChI=1S/C25H17NO3/c1-18(27)29-21-16-14-19(15-17-21)8-7-13-24-22-11-5-6-12-23(22)25(28)26(24)20-9-3-2-4-10-20/h2-6,9-17H,1H3/b24-13+. The van der Waals surface area contributed by atoms with Gasteiger partial charge in [0.1, 0.15) is 5.75 Å². The molecule has 1 amide bonds. The lowest BCUT2D eigenvalue weighted by molar-refractivity contribution is -0.131. The zero-order valence-corrected chi connectivity index (χ0v) is 15.8. The van der Waals surface area contributed by atoms with Crippen LogP contribution in [-0.4, -0.2) is 11.9 Å². The average molecular weight is 379 g/mol. The second-order valence-electron chi connectivity index (χ2n) is 6.44. The molecule has 0 N–H and O–H groups in total. The molecule has 0 aromatic heterocycles. The second-order valence-corrected chi connectivity index (χ2v) is 6.44. The number of esters is 1. The van der Waals surface area contributed by atoms with E-state index in [-0.39, 0.29) is 11.9 Å². The van der Waals surface area contributed by atoms with Crippen LogP contribution in [0.15, 0.2) is 84.9 Å². The summed E-state index contributed by atoms with van der Waals surface area (Å²) in [6.45, 7) is 1.36. The number of hydrogen-bond acceptors (Lipinski definition) is 3. The molecule has 0 aliphatic carbocycles. The van der Waals surface area contributed by atoms with Gasteiger partial charge in [-0.2, -0.15) is 0 Å². The van der Waals surface area contributed by atoms with Crippen LogP contribution in [-0.2, 0) is 4.79 Å². The highest BCUT2D eigenvalue weighted by Gasteiger charge is 2.32. The summed E-state index contributed by atoms with van der Waals surface area (Å²) in [5, 5.41) is 0. The number of carbonyl (C=O) groups excluding carboxylic acids is 2. The van der Waals surface area contributed by atoms with Gasteiger partial charge >= 0.3 is 5.97 Å². The highest BCUT2D eigenvalue weighted by molar-refractivity contribution is 6.22. The van der Waals surface area contributed by atoms with Gasteiger partial charge in [0, 0.05) is 35.4 Å². The summed E-state index contributed by atoms with van der Waals surface area (Å²) in [7, 11) is 0. The molecule has 0 saturated carbocycles. The van der Waals surface area contributed by atoms with Gasteiger partial charge in [0.15, 0.2) is 0 Å². The van der Waals surface area contributed by atoms with Crippen molar-refractivity contribution in [1.29, 1.82) is 0 Å². The van der Waals surface area contributed by atoms with Crippen molar-refractivity contribution in [2.75, 3.05) is 4.90 Å². The lowest BCUT2D eigenvalue weighted by Crippen LogP contribution is -2.22. The van der Waals surface area contributed by atoms with Crippen LogP contribution in [0.3, 0.4) is 0 Å². The van der Waals surface area contributed by atoms with Gasteiger partial charge in [-0.25, -0.2) is 0 Å². The van der Waals surface area contributed by atoms with Crippen LogP contribution >= 0.6 is 0 Å². The fraction of sp³-hybridized carbons (Fsp3) is 0.0400. The summed E-state index contributed by atoms with van der Waals surface area (Å²) in [5.74, 6) is 6.17. The van der Waals surface area contributed by atoms with Gasteiger partial charge < -0.3 is 4.74 Å². The molecule has 0 atom stereocenters. The van der Waals surface area contributed by atoms with E-state index >= 15 is 0 Å². The van der Waals surface area contributed by atoms with E-state index in [1.54, 1.807) is 35.2 Å². The first-order valence-corrected chi connectivity index (χ1v) is 9.12. The van der Waals surface area contributed by atoms with Crippen molar-refractivity contribution in [2.24, 2.45) is 0 Å². The van der Waals surface area contributed by atoms with Crippen LogP contribution in [0.4, 0.5) is 5.69 Å². The second kappa shape index (κ2) is 7.87. The Morgan fingerprint density at radius 3 is 2.24 bits per heavy atom. The van der Waals surface area contributed by atoms with Gasteiger partial charge in [0.25, 0.3) is 5.91 Å². The number of benzene rings is 3. The number of ether oxygens (including phenoxy) is 1. The fourth-order valence-electron chi connectivity index (χ4n) is 3.18. The zero-order chi connectivity index (χ0) is 20.2. The number of nitrogens with zero attached hydrogens (tertiary/aromatic N) is 1. The van der Waals surface area contributed by atoms with Gasteiger partial charge in [-0.3, -0.25) is 14.5 Å². The smallest absolute Gasteiger partial charge is 0.308 e. The maximum Gasteiger partial charge on any atom is 0.308 e. The molecule has 0 spiro atoms. The van der Waals surface area contributed by atoms with Crippen LogP contribution in [0, 0.1) is 11.8 Å². The van der Waals surface area contributed by atoms with Crippen LogP contribution in [0.5, 0.6) is 5.75 Å². The maximum atomic E-state index is 13.0. The molecular formula is C25H17NO3. The molecule has 1 aliphatic rings. The van der Waals surface area contributed by atoms with Crippen LogP contribution in [0.2, 0.25) is 0 Å². The van der Waals surface area contributed by atoms with Gasteiger partial charge in [0.2, 0.25) is 0 Å². The van der Waals surface area contributed by atoms with Crippen molar-refractivity contribution in [3.05, 3.63) is 102 Å². The first-order chi connectivity index (χ1) is 14.1. The van der Waals surface area contributed by atoms with Gasteiger partial charge in [-0.1, -0.05) is 48.2 Å². The summed E-state index contributed by atoms with van der Waals surface area (Å²) in [4.78, 5) is 25.6. The lowest BCUT2D eigenvalue weighted by Gasteiger charge is -2.17. The summed E-state index contributed by atoms with van der Waals surface area (Å²) in [6.07, 6.45) is 1.76. The van der Waals surface area contributed by atoms with Crippen molar-refractivity contribution in [1.82, 2.24) is 0 Å². The Morgan fingerprint density at radius 2 is 1.55 bits per heavy atom. The first-order valence-electron chi connectivity index (χ1n) is 9.12. The lowest BCUT2D eigenvalue weighted by atomic mass is 10.1. The molecule has 0 bridgehead atoms. The normalized spacial score (nSPS) is 13.6. The number of rotatable bonds is 2. The van der Waals surface area contributed by atoms with Crippen LogP contribution in [0.25, 0.3) is 5.70 Å². The summed E-state index contributed by atoms with van der Waals surface area (Å²) < 4.78 is 5.03. The van der Waals surface area contributed by atoms with E-state index in [1.165, 1.54) is 6.92 Å². The molecule has 0 radical (unpaired) electrons. The van der Waals surface area contributed by atoms with Crippen molar-refractivity contribution in [3.8, 4) is 17.6 Å². The number of carbonyl (C=O) groups is 2. The van der Waals surface area contributed by atoms with Gasteiger partial charge in [-0.05, 0) is 42.5 Å². The Hall–Kier alpha value is -4.10. The van der Waals surface area contributed by atoms with E-state index in [1.807, 2.05) is 54.6 Å². The number of para-hydroxylation sites is 1. The molecule has 140 valence electrons. The number of allylic oxidation sites excluding steroid dienone is 1. The van der Waals surface area contributed by atoms with Crippen LogP contribution < -0.4 is 9.64 Å². The summed E-state index contributed by atoms with van der Waals surface area (Å²) in [6, 6.07) is 24.0. The summed E-state index contributed by atoms with van der Waals surface area (Å²) in [5.41, 5.74) is 3.85. The number of fused-ring (bicyclic) bond motifs is 1.